The Morgan fingerprint density at radius 2 is 2.33 bits per heavy atom. The van der Waals surface area contributed by atoms with Crippen molar-refractivity contribution in [1.29, 1.82) is 0 Å². The van der Waals surface area contributed by atoms with Crippen molar-refractivity contribution in [2.75, 3.05) is 23.3 Å². The number of thioether (sulfide) groups is 1. The number of aromatic amines is 1. The molecule has 0 unspecified atom stereocenters. The van der Waals surface area contributed by atoms with Gasteiger partial charge in [0.1, 0.15) is 5.82 Å². The van der Waals surface area contributed by atoms with Crippen LogP contribution in [-0.4, -0.2) is 32.2 Å². The van der Waals surface area contributed by atoms with Crippen molar-refractivity contribution in [3.63, 3.8) is 0 Å². The fourth-order valence-electron chi connectivity index (χ4n) is 1.67. The standard InChI is InChI=1S/C12H16N6O2S/c1-8-9(16-7-15-8)6-21-5-4-14-11-3-2-10(18(19)20)12(13)17-11/h2-3,7H,4-6H2,1H3,(H,15,16)(H3,13,14,17). The summed E-state index contributed by atoms with van der Waals surface area (Å²) in [6.45, 7) is 2.68. The number of nitrogens with two attached hydrogens (primary N) is 1. The maximum absolute atomic E-state index is 10.6. The van der Waals surface area contributed by atoms with E-state index in [1.54, 1.807) is 24.2 Å². The maximum atomic E-state index is 10.6. The van der Waals surface area contributed by atoms with Gasteiger partial charge in [0, 0.05) is 29.8 Å². The fourth-order valence-corrected chi connectivity index (χ4v) is 2.55. The van der Waals surface area contributed by atoms with Gasteiger partial charge in [-0.3, -0.25) is 10.1 Å². The molecular formula is C12H16N6O2S. The number of nitro groups is 1. The van der Waals surface area contributed by atoms with Crippen LogP contribution in [0.2, 0.25) is 0 Å². The highest BCUT2D eigenvalue weighted by Crippen LogP contribution is 2.20. The van der Waals surface area contributed by atoms with Crippen LogP contribution in [0, 0.1) is 17.0 Å². The van der Waals surface area contributed by atoms with Crippen LogP contribution >= 0.6 is 11.8 Å². The van der Waals surface area contributed by atoms with Crippen molar-refractivity contribution < 1.29 is 4.92 Å². The molecule has 0 spiro atoms. The lowest BCUT2D eigenvalue weighted by molar-refractivity contribution is -0.384. The smallest absolute Gasteiger partial charge is 0.311 e. The predicted molar refractivity (Wildman–Crippen MR) is 83.3 cm³/mol. The lowest BCUT2D eigenvalue weighted by Crippen LogP contribution is -2.08. The maximum Gasteiger partial charge on any atom is 0.311 e. The number of hydrogen-bond acceptors (Lipinski definition) is 7. The molecule has 0 aliphatic carbocycles. The minimum atomic E-state index is -0.547. The Morgan fingerprint density at radius 3 is 2.95 bits per heavy atom. The molecule has 2 aromatic heterocycles. The molecule has 112 valence electrons. The Labute approximate surface area is 125 Å². The van der Waals surface area contributed by atoms with Gasteiger partial charge in [0.05, 0.1) is 16.9 Å². The molecule has 0 radical (unpaired) electrons. The van der Waals surface area contributed by atoms with Crippen LogP contribution < -0.4 is 11.1 Å². The molecule has 0 saturated heterocycles. The first-order valence-electron chi connectivity index (χ1n) is 6.29. The van der Waals surface area contributed by atoms with E-state index in [-0.39, 0.29) is 11.5 Å². The second-order valence-corrected chi connectivity index (χ2v) is 5.42. The van der Waals surface area contributed by atoms with E-state index in [0.717, 1.165) is 22.9 Å². The van der Waals surface area contributed by atoms with Gasteiger partial charge in [0.25, 0.3) is 0 Å². The summed E-state index contributed by atoms with van der Waals surface area (Å²) in [5, 5.41) is 13.7. The summed E-state index contributed by atoms with van der Waals surface area (Å²) < 4.78 is 0. The van der Waals surface area contributed by atoms with Crippen LogP contribution in [0.5, 0.6) is 0 Å². The molecule has 0 amide bonds. The number of anilines is 2. The third-order valence-electron chi connectivity index (χ3n) is 2.82. The quantitative estimate of drug-likeness (QED) is 0.406. The van der Waals surface area contributed by atoms with Gasteiger partial charge in [-0.25, -0.2) is 9.97 Å². The van der Waals surface area contributed by atoms with Gasteiger partial charge in [0.2, 0.25) is 5.82 Å². The first kappa shape index (κ1) is 15.1. The molecule has 0 aliphatic heterocycles. The third kappa shape index (κ3) is 4.09. The van der Waals surface area contributed by atoms with Gasteiger partial charge in [-0.15, -0.1) is 0 Å². The number of H-pyrrole nitrogens is 1. The van der Waals surface area contributed by atoms with Crippen molar-refractivity contribution in [2.24, 2.45) is 0 Å². The third-order valence-corrected chi connectivity index (χ3v) is 3.80. The number of pyridine rings is 1. The molecule has 21 heavy (non-hydrogen) atoms. The first-order valence-corrected chi connectivity index (χ1v) is 7.44. The topological polar surface area (TPSA) is 123 Å². The molecule has 8 nitrogen and oxygen atoms in total. The van der Waals surface area contributed by atoms with Crippen LogP contribution in [0.4, 0.5) is 17.3 Å². The molecule has 0 fully saturated rings. The van der Waals surface area contributed by atoms with Crippen LogP contribution in [0.1, 0.15) is 11.4 Å². The number of aryl methyl sites for hydroxylation is 1. The lowest BCUT2D eigenvalue weighted by Gasteiger charge is -2.06. The Morgan fingerprint density at radius 1 is 1.52 bits per heavy atom. The van der Waals surface area contributed by atoms with E-state index in [1.807, 2.05) is 6.92 Å². The molecule has 2 aromatic rings. The van der Waals surface area contributed by atoms with E-state index >= 15 is 0 Å². The molecule has 4 N–H and O–H groups in total. The molecule has 0 bridgehead atoms. The highest BCUT2D eigenvalue weighted by atomic mass is 32.2. The van der Waals surface area contributed by atoms with Gasteiger partial charge in [-0.2, -0.15) is 11.8 Å². The average molecular weight is 308 g/mol. The minimum absolute atomic E-state index is 0.0789. The number of nitrogens with one attached hydrogen (secondary N) is 2. The number of rotatable bonds is 7. The van der Waals surface area contributed by atoms with Crippen molar-refractivity contribution in [3.05, 3.63) is 40.0 Å². The van der Waals surface area contributed by atoms with Gasteiger partial charge in [0.15, 0.2) is 0 Å². The SMILES string of the molecule is Cc1[nH]cnc1CSCCNc1ccc([N+](=O)[O-])c(N)n1. The zero-order valence-electron chi connectivity index (χ0n) is 11.5. The number of hydrogen-bond donors (Lipinski definition) is 3. The number of nitrogens with zero attached hydrogens (tertiary/aromatic N) is 3. The van der Waals surface area contributed by atoms with Crippen molar-refractivity contribution in [2.45, 2.75) is 12.7 Å². The summed E-state index contributed by atoms with van der Waals surface area (Å²) in [4.78, 5) is 21.3. The molecule has 2 rings (SSSR count). The fraction of sp³-hybridized carbons (Fsp3) is 0.333. The largest absolute Gasteiger partial charge is 0.378 e. The van der Waals surface area contributed by atoms with Gasteiger partial charge < -0.3 is 16.0 Å². The van der Waals surface area contributed by atoms with E-state index in [2.05, 4.69) is 20.3 Å². The molecule has 2 heterocycles. The van der Waals surface area contributed by atoms with Gasteiger partial charge in [-0.1, -0.05) is 0 Å². The zero-order chi connectivity index (χ0) is 15.2. The highest BCUT2D eigenvalue weighted by molar-refractivity contribution is 7.98. The number of imidazole rings is 1. The monoisotopic (exact) mass is 308 g/mol. The molecule has 0 saturated carbocycles. The Bertz CT molecular complexity index is 630. The van der Waals surface area contributed by atoms with Crippen molar-refractivity contribution in [3.8, 4) is 0 Å². The van der Waals surface area contributed by atoms with E-state index in [9.17, 15) is 10.1 Å². The second-order valence-electron chi connectivity index (χ2n) is 4.31. The highest BCUT2D eigenvalue weighted by Gasteiger charge is 2.12. The summed E-state index contributed by atoms with van der Waals surface area (Å²) in [7, 11) is 0. The van der Waals surface area contributed by atoms with Crippen LogP contribution in [0.15, 0.2) is 18.5 Å². The summed E-state index contributed by atoms with van der Waals surface area (Å²) in [6, 6.07) is 2.90. The Kier molecular flexibility index (Phi) is 4.99. The molecule has 0 atom stereocenters. The Balaban J connectivity index is 1.75. The minimum Gasteiger partial charge on any atom is -0.378 e. The molecule has 0 aromatic carbocycles. The number of nitrogen functional groups attached to an aromatic ring is 1. The summed E-state index contributed by atoms with van der Waals surface area (Å²) >= 11 is 1.74. The van der Waals surface area contributed by atoms with Crippen molar-refractivity contribution in [1.82, 2.24) is 15.0 Å². The zero-order valence-corrected chi connectivity index (χ0v) is 12.3. The van der Waals surface area contributed by atoms with Crippen LogP contribution in [0.3, 0.4) is 0 Å². The van der Waals surface area contributed by atoms with Crippen LogP contribution in [0.25, 0.3) is 0 Å². The number of aromatic nitrogens is 3. The lowest BCUT2D eigenvalue weighted by atomic mass is 10.4. The average Bonchev–Trinajstić information content (AvgIpc) is 2.83. The molecule has 0 aliphatic rings. The Hall–Kier alpha value is -2.29. The van der Waals surface area contributed by atoms with E-state index in [4.69, 9.17) is 5.73 Å². The normalized spacial score (nSPS) is 10.5. The van der Waals surface area contributed by atoms with E-state index < -0.39 is 4.92 Å². The molecule has 9 heteroatoms. The van der Waals surface area contributed by atoms with Gasteiger partial charge in [-0.05, 0) is 13.0 Å². The van der Waals surface area contributed by atoms with Crippen molar-refractivity contribution >= 4 is 29.1 Å². The van der Waals surface area contributed by atoms with Crippen LogP contribution in [-0.2, 0) is 5.75 Å². The predicted octanol–water partition coefficient (Wildman–Crippen LogP) is 1.95. The van der Waals surface area contributed by atoms with E-state index in [0.29, 0.717) is 12.4 Å². The summed E-state index contributed by atoms with van der Waals surface area (Å²) in [5.41, 5.74) is 7.48. The van der Waals surface area contributed by atoms with Gasteiger partial charge >= 0.3 is 5.69 Å². The summed E-state index contributed by atoms with van der Waals surface area (Å²) in [6.07, 6.45) is 1.69. The van der Waals surface area contributed by atoms with E-state index in [1.165, 1.54) is 6.07 Å². The molecular weight excluding hydrogens is 292 g/mol. The summed E-state index contributed by atoms with van der Waals surface area (Å²) in [5.74, 6) is 2.16. The first-order chi connectivity index (χ1) is 10.1. The second kappa shape index (κ2) is 6.93.